The van der Waals surface area contributed by atoms with Crippen molar-refractivity contribution >= 4 is 29.5 Å². The van der Waals surface area contributed by atoms with E-state index >= 15 is 0 Å². The zero-order chi connectivity index (χ0) is 20.5. The number of ether oxygens (including phenoxy) is 1. The van der Waals surface area contributed by atoms with E-state index in [0.29, 0.717) is 5.57 Å². The first-order valence-electron chi connectivity index (χ1n) is 9.05. The molecule has 0 saturated carbocycles. The van der Waals surface area contributed by atoms with Gasteiger partial charge in [0.2, 0.25) is 11.8 Å². The Morgan fingerprint density at radius 2 is 1.93 bits per heavy atom. The summed E-state index contributed by atoms with van der Waals surface area (Å²) >= 11 is 1.31. The quantitative estimate of drug-likeness (QED) is 0.566. The molecule has 3 atom stereocenters. The Bertz CT molecular complexity index is 803. The van der Waals surface area contributed by atoms with Gasteiger partial charge >= 0.3 is 5.97 Å². The molecule has 8 heteroatoms. The number of β-lactam (4-membered cyclic amide) rings is 1. The highest BCUT2D eigenvalue weighted by Crippen LogP contribution is 2.40. The molecule has 2 aliphatic rings. The summed E-state index contributed by atoms with van der Waals surface area (Å²) in [4.78, 5) is 39.0. The Labute approximate surface area is 168 Å². The number of carbonyl (C=O) groups excluding carboxylic acids is 3. The number of thioether (sulfide) groups is 1. The lowest BCUT2D eigenvalue weighted by molar-refractivity contribution is -0.170. The number of nitrogens with one attached hydrogen (secondary N) is 1. The lowest BCUT2D eigenvalue weighted by Crippen LogP contribution is -2.74. The predicted molar refractivity (Wildman–Crippen MR) is 105 cm³/mol. The van der Waals surface area contributed by atoms with E-state index in [1.807, 2.05) is 30.3 Å². The zero-order valence-electron chi connectivity index (χ0n) is 16.0. The minimum atomic E-state index is -0.967. The third kappa shape index (κ3) is 4.23. The maximum absolute atomic E-state index is 12.7. The Hall–Kier alpha value is -2.32. The number of hydrogen-bond donors (Lipinski definition) is 2. The molecular weight excluding hydrogens is 380 g/mol. The largest absolute Gasteiger partial charge is 0.458 e. The van der Waals surface area contributed by atoms with Crippen molar-refractivity contribution in [1.29, 1.82) is 0 Å². The van der Waals surface area contributed by atoms with Crippen LogP contribution in [-0.2, 0) is 25.5 Å². The number of amides is 2. The number of fused-ring (bicyclic) bond motifs is 1. The van der Waals surface area contributed by atoms with Crippen LogP contribution in [0.2, 0.25) is 0 Å². The van der Waals surface area contributed by atoms with E-state index in [4.69, 9.17) is 4.74 Å². The first-order chi connectivity index (χ1) is 13.2. The van der Waals surface area contributed by atoms with Crippen molar-refractivity contribution in [1.82, 2.24) is 10.2 Å². The Balaban J connectivity index is 1.70. The van der Waals surface area contributed by atoms with Gasteiger partial charge in [0, 0.05) is 0 Å². The summed E-state index contributed by atoms with van der Waals surface area (Å²) in [6.07, 6.45) is 0.176. The van der Waals surface area contributed by atoms with Crippen molar-refractivity contribution in [2.75, 3.05) is 6.61 Å². The number of aliphatic hydroxyl groups excluding tert-OH is 1. The third-order valence-corrected chi connectivity index (χ3v) is 5.62. The van der Waals surface area contributed by atoms with Gasteiger partial charge in [0.15, 0.2) is 6.04 Å². The summed E-state index contributed by atoms with van der Waals surface area (Å²) in [5, 5.41) is 13.6. The molecule has 0 spiro atoms. The first-order valence-corrected chi connectivity index (χ1v) is 9.99. The summed E-state index contributed by atoms with van der Waals surface area (Å²) in [6, 6.07) is 7.59. The number of hydrogen-bond acceptors (Lipinski definition) is 6. The van der Waals surface area contributed by atoms with E-state index in [0.717, 1.165) is 5.56 Å². The second-order valence-electron chi connectivity index (χ2n) is 7.77. The van der Waals surface area contributed by atoms with Crippen molar-refractivity contribution < 1.29 is 24.2 Å². The van der Waals surface area contributed by atoms with Crippen molar-refractivity contribution in [2.45, 2.75) is 50.3 Å². The lowest BCUT2D eigenvalue weighted by Gasteiger charge is -2.51. The normalized spacial score (nSPS) is 24.0. The van der Waals surface area contributed by atoms with Crippen LogP contribution in [0.25, 0.3) is 0 Å². The fraction of sp³-hybridized carbons (Fsp3) is 0.450. The van der Waals surface area contributed by atoms with Crippen molar-refractivity contribution in [3.8, 4) is 0 Å². The monoisotopic (exact) mass is 404 g/mol. The Morgan fingerprint density at radius 1 is 1.25 bits per heavy atom. The molecule has 0 aromatic heterocycles. The highest BCUT2D eigenvalue weighted by molar-refractivity contribution is 8.02. The summed E-state index contributed by atoms with van der Waals surface area (Å²) < 4.78 is 5.42. The van der Waals surface area contributed by atoms with Crippen LogP contribution in [0.4, 0.5) is 0 Å². The van der Waals surface area contributed by atoms with Gasteiger partial charge in [-0.25, -0.2) is 4.79 Å². The number of nitrogens with zero attached hydrogens (tertiary/aromatic N) is 1. The van der Waals surface area contributed by atoms with E-state index < -0.39 is 29.0 Å². The molecule has 2 N–H and O–H groups in total. The topological polar surface area (TPSA) is 95.9 Å². The van der Waals surface area contributed by atoms with E-state index in [-0.39, 0.29) is 24.8 Å². The van der Waals surface area contributed by atoms with Crippen molar-refractivity contribution in [3.05, 3.63) is 46.9 Å². The van der Waals surface area contributed by atoms with Crippen molar-refractivity contribution in [2.24, 2.45) is 0 Å². The van der Waals surface area contributed by atoms with Crippen molar-refractivity contribution in [3.63, 3.8) is 0 Å². The van der Waals surface area contributed by atoms with E-state index in [1.165, 1.54) is 16.7 Å². The van der Waals surface area contributed by atoms with E-state index in [2.05, 4.69) is 5.32 Å². The van der Waals surface area contributed by atoms with Crippen LogP contribution in [0.1, 0.15) is 26.3 Å². The second kappa shape index (κ2) is 7.97. The zero-order valence-corrected chi connectivity index (χ0v) is 16.9. The molecule has 28 heavy (non-hydrogen) atoms. The van der Waals surface area contributed by atoms with Gasteiger partial charge in [0.1, 0.15) is 17.0 Å². The molecule has 1 aromatic carbocycles. The number of esters is 1. The maximum atomic E-state index is 12.7. The molecule has 150 valence electrons. The Kier molecular flexibility index (Phi) is 5.81. The van der Waals surface area contributed by atoms with Gasteiger partial charge in [-0.05, 0) is 37.3 Å². The molecule has 0 radical (unpaired) electrons. The molecule has 2 aliphatic heterocycles. The smallest absolute Gasteiger partial charge is 0.333 e. The van der Waals surface area contributed by atoms with Crippen LogP contribution in [-0.4, -0.2) is 57.5 Å². The number of aliphatic hydroxyl groups is 1. The Morgan fingerprint density at radius 3 is 2.54 bits per heavy atom. The molecule has 0 bridgehead atoms. The average molecular weight is 404 g/mol. The highest BCUT2D eigenvalue weighted by atomic mass is 32.2. The van der Waals surface area contributed by atoms with Crippen LogP contribution in [0.3, 0.4) is 0 Å². The molecule has 1 aromatic rings. The second-order valence-corrected chi connectivity index (χ2v) is 8.76. The van der Waals surface area contributed by atoms with Crippen LogP contribution in [0.15, 0.2) is 41.3 Å². The average Bonchev–Trinajstić information content (AvgIpc) is 2.64. The number of rotatable bonds is 5. The lowest BCUT2D eigenvalue weighted by atomic mass is 9.97. The number of carbonyl (C=O) groups is 3. The summed E-state index contributed by atoms with van der Waals surface area (Å²) in [6.45, 7) is 4.88. The fourth-order valence-electron chi connectivity index (χ4n) is 3.19. The highest BCUT2D eigenvalue weighted by Gasteiger charge is 2.56. The predicted octanol–water partition coefficient (Wildman–Crippen LogP) is 1.22. The van der Waals surface area contributed by atoms with E-state index in [9.17, 15) is 19.5 Å². The molecular formula is C20H24N2O5S. The van der Waals surface area contributed by atoms with Gasteiger partial charge in [-0.2, -0.15) is 0 Å². The number of benzene rings is 1. The molecule has 3 rings (SSSR count). The summed E-state index contributed by atoms with van der Waals surface area (Å²) in [7, 11) is 0. The molecule has 2 unspecified atom stereocenters. The molecule has 0 aliphatic carbocycles. The van der Waals surface area contributed by atoms with Gasteiger partial charge in [-0.15, -0.1) is 11.8 Å². The molecule has 1 saturated heterocycles. The van der Waals surface area contributed by atoms with E-state index in [1.54, 1.807) is 26.2 Å². The van der Waals surface area contributed by atoms with Gasteiger partial charge in [-0.3, -0.25) is 9.59 Å². The van der Waals surface area contributed by atoms with Gasteiger partial charge < -0.3 is 20.1 Å². The van der Waals surface area contributed by atoms with Gasteiger partial charge in [0.25, 0.3) is 0 Å². The molecule has 2 amide bonds. The minimum Gasteiger partial charge on any atom is -0.458 e. The first kappa shape index (κ1) is 20.4. The maximum Gasteiger partial charge on any atom is 0.333 e. The van der Waals surface area contributed by atoms with Crippen LogP contribution in [0.5, 0.6) is 0 Å². The fourth-order valence-corrected chi connectivity index (χ4v) is 4.41. The van der Waals surface area contributed by atoms with Gasteiger partial charge in [0.05, 0.1) is 13.0 Å². The van der Waals surface area contributed by atoms with Crippen LogP contribution in [0, 0.1) is 0 Å². The standard InChI is InChI=1S/C20H24N2O5S/c1-20(2,3)27-19(26)16-13(10-23)11-28-18-15(17(25)22(16)18)21-14(24)9-12-7-5-4-6-8-12/h4-8,11,15-16,18,23H,9-10H2,1-3H3,(H,21,24)/t15?,16?,18-/m1/s1. The van der Waals surface area contributed by atoms with Crippen LogP contribution >= 0.6 is 11.8 Å². The molecule has 7 nitrogen and oxygen atoms in total. The van der Waals surface area contributed by atoms with Crippen LogP contribution < -0.4 is 5.32 Å². The summed E-state index contributed by atoms with van der Waals surface area (Å²) in [5.41, 5.74) is 0.557. The summed E-state index contributed by atoms with van der Waals surface area (Å²) in [5.74, 6) is -1.19. The third-order valence-electron chi connectivity index (χ3n) is 4.40. The molecule has 2 heterocycles. The SMILES string of the molecule is CC(C)(C)OC(=O)C1C(CO)=CS[C@@H]2C(NC(=O)Cc3ccccc3)C(=O)N12. The minimum absolute atomic E-state index is 0.176. The molecule has 1 fully saturated rings. The van der Waals surface area contributed by atoms with Gasteiger partial charge in [-0.1, -0.05) is 30.3 Å².